The van der Waals surface area contributed by atoms with Crippen LogP contribution in [0, 0.1) is 12.7 Å². The number of aromatic nitrogens is 2. The lowest BCUT2D eigenvalue weighted by atomic mass is 10.1. The molecule has 0 atom stereocenters. The smallest absolute Gasteiger partial charge is 0.246 e. The van der Waals surface area contributed by atoms with Gasteiger partial charge in [-0.3, -0.25) is 0 Å². The fourth-order valence-corrected chi connectivity index (χ4v) is 3.32. The Morgan fingerprint density at radius 3 is 2.41 bits per heavy atom. The highest BCUT2D eigenvalue weighted by Crippen LogP contribution is 2.31. The predicted octanol–water partition coefficient (Wildman–Crippen LogP) is 7.09. The van der Waals surface area contributed by atoms with Gasteiger partial charge in [-0.15, -0.1) is 0 Å². The van der Waals surface area contributed by atoms with Gasteiger partial charge in [-0.2, -0.15) is 10.1 Å². The number of anilines is 3. The van der Waals surface area contributed by atoms with E-state index in [4.69, 9.17) is 23.2 Å². The van der Waals surface area contributed by atoms with E-state index in [-0.39, 0.29) is 16.5 Å². The van der Waals surface area contributed by atoms with Crippen molar-refractivity contribution in [2.75, 3.05) is 10.7 Å². The summed E-state index contributed by atoms with van der Waals surface area (Å²) < 4.78 is 14.5. The van der Waals surface area contributed by atoms with Crippen LogP contribution in [-0.2, 0) is 0 Å². The fourth-order valence-electron chi connectivity index (χ4n) is 2.93. The van der Waals surface area contributed by atoms with E-state index < -0.39 is 5.82 Å². The molecule has 0 saturated carbocycles. The van der Waals surface area contributed by atoms with Crippen molar-refractivity contribution in [2.24, 2.45) is 5.10 Å². The molecule has 0 aliphatic heterocycles. The minimum Gasteiger partial charge on any atom is -0.340 e. The molecule has 3 aromatic carbocycles. The first-order chi connectivity index (χ1) is 15.5. The summed E-state index contributed by atoms with van der Waals surface area (Å²) in [6.07, 6.45) is 1.65. The number of hydrogen-bond acceptors (Lipinski definition) is 5. The molecule has 0 radical (unpaired) electrons. The van der Waals surface area contributed by atoms with E-state index in [0.717, 1.165) is 16.8 Å². The summed E-state index contributed by atoms with van der Waals surface area (Å²) >= 11 is 12.2. The number of rotatable bonds is 6. The summed E-state index contributed by atoms with van der Waals surface area (Å²) in [5, 5.41) is 8.24. The largest absolute Gasteiger partial charge is 0.340 e. The van der Waals surface area contributed by atoms with Crippen LogP contribution >= 0.6 is 23.2 Å². The van der Waals surface area contributed by atoms with E-state index in [1.807, 2.05) is 43.3 Å². The molecule has 0 amide bonds. The molecule has 0 aliphatic carbocycles. The molecule has 0 saturated heterocycles. The van der Waals surface area contributed by atoms with Gasteiger partial charge in [0.15, 0.2) is 0 Å². The van der Waals surface area contributed by atoms with Crippen LogP contribution in [0.5, 0.6) is 0 Å². The quantitative estimate of drug-likeness (QED) is 0.235. The van der Waals surface area contributed by atoms with Crippen LogP contribution in [0.1, 0.15) is 11.1 Å². The Morgan fingerprint density at radius 1 is 0.938 bits per heavy atom. The van der Waals surface area contributed by atoms with Crippen molar-refractivity contribution in [3.8, 4) is 11.3 Å². The highest BCUT2D eigenvalue weighted by atomic mass is 35.5. The second-order valence-electron chi connectivity index (χ2n) is 6.97. The lowest BCUT2D eigenvalue weighted by Gasteiger charge is -2.11. The van der Waals surface area contributed by atoms with E-state index in [1.165, 1.54) is 6.07 Å². The number of hydrazone groups is 1. The van der Waals surface area contributed by atoms with Crippen molar-refractivity contribution in [3.05, 3.63) is 99.8 Å². The Hall–Kier alpha value is -3.48. The fraction of sp³-hybridized carbons (Fsp3) is 0.0417. The zero-order chi connectivity index (χ0) is 22.5. The molecule has 160 valence electrons. The maximum atomic E-state index is 14.5. The van der Waals surface area contributed by atoms with E-state index in [2.05, 4.69) is 25.8 Å². The van der Waals surface area contributed by atoms with Crippen LogP contribution in [-0.4, -0.2) is 16.2 Å². The number of nitrogens with one attached hydrogen (secondary N) is 2. The highest BCUT2D eigenvalue weighted by Gasteiger charge is 2.14. The average molecular weight is 466 g/mol. The van der Waals surface area contributed by atoms with Gasteiger partial charge in [0.25, 0.3) is 0 Å². The van der Waals surface area contributed by atoms with Crippen LogP contribution in [0.4, 0.5) is 21.8 Å². The molecule has 0 unspecified atom stereocenters. The van der Waals surface area contributed by atoms with E-state index in [0.29, 0.717) is 16.5 Å². The average Bonchev–Trinajstić information content (AvgIpc) is 2.77. The second kappa shape index (κ2) is 9.77. The Morgan fingerprint density at radius 2 is 1.69 bits per heavy atom. The molecule has 8 heteroatoms. The van der Waals surface area contributed by atoms with Gasteiger partial charge in [-0.1, -0.05) is 59.1 Å². The first-order valence-electron chi connectivity index (χ1n) is 9.70. The first-order valence-corrected chi connectivity index (χ1v) is 10.5. The highest BCUT2D eigenvalue weighted by molar-refractivity contribution is 6.33. The summed E-state index contributed by atoms with van der Waals surface area (Å²) in [7, 11) is 0. The number of hydrogen-bond donors (Lipinski definition) is 2. The van der Waals surface area contributed by atoms with Gasteiger partial charge in [-0.25, -0.2) is 14.8 Å². The normalized spacial score (nSPS) is 11.0. The number of halogens is 3. The monoisotopic (exact) mass is 465 g/mol. The molecule has 0 spiro atoms. The van der Waals surface area contributed by atoms with Gasteiger partial charge in [0.1, 0.15) is 11.6 Å². The van der Waals surface area contributed by atoms with Gasteiger partial charge in [0, 0.05) is 16.8 Å². The zero-order valence-corrected chi connectivity index (χ0v) is 18.5. The Bertz CT molecular complexity index is 1240. The molecular weight excluding hydrogens is 448 g/mol. The van der Waals surface area contributed by atoms with E-state index in [9.17, 15) is 4.39 Å². The number of aryl methyl sites for hydroxylation is 1. The van der Waals surface area contributed by atoms with Gasteiger partial charge < -0.3 is 5.32 Å². The summed E-state index contributed by atoms with van der Waals surface area (Å²) in [6.45, 7) is 2.02. The molecule has 5 nitrogen and oxygen atoms in total. The first kappa shape index (κ1) is 21.7. The van der Waals surface area contributed by atoms with Crippen molar-refractivity contribution < 1.29 is 4.39 Å². The van der Waals surface area contributed by atoms with Crippen LogP contribution < -0.4 is 10.7 Å². The zero-order valence-electron chi connectivity index (χ0n) is 17.0. The Balaban J connectivity index is 1.68. The van der Waals surface area contributed by atoms with Gasteiger partial charge >= 0.3 is 0 Å². The number of benzene rings is 3. The van der Waals surface area contributed by atoms with Gasteiger partial charge in [-0.05, 0) is 48.9 Å². The summed E-state index contributed by atoms with van der Waals surface area (Å²) in [5.41, 5.74) is 6.14. The topological polar surface area (TPSA) is 62.2 Å². The van der Waals surface area contributed by atoms with E-state index >= 15 is 0 Å². The van der Waals surface area contributed by atoms with Crippen LogP contribution in [0.15, 0.2) is 77.9 Å². The molecule has 4 rings (SSSR count). The predicted molar refractivity (Wildman–Crippen MR) is 130 cm³/mol. The summed E-state index contributed by atoms with van der Waals surface area (Å²) in [6, 6.07) is 21.1. The van der Waals surface area contributed by atoms with Crippen molar-refractivity contribution in [1.29, 1.82) is 0 Å². The molecule has 1 heterocycles. The minimum atomic E-state index is -0.484. The SMILES string of the molecule is Cc1ccc(/C=N/Nc2nc(Nc3ccc(Cl)cc3)cc(-c3c(F)cccc3Cl)n2)cc1. The van der Waals surface area contributed by atoms with Crippen molar-refractivity contribution >= 4 is 46.9 Å². The Kier molecular flexibility index (Phi) is 6.63. The number of nitrogens with zero attached hydrogens (tertiary/aromatic N) is 3. The molecule has 0 bridgehead atoms. The molecule has 1 aromatic heterocycles. The maximum absolute atomic E-state index is 14.5. The lowest BCUT2D eigenvalue weighted by Crippen LogP contribution is -2.03. The third-order valence-electron chi connectivity index (χ3n) is 4.52. The molecule has 32 heavy (non-hydrogen) atoms. The maximum Gasteiger partial charge on any atom is 0.246 e. The second-order valence-corrected chi connectivity index (χ2v) is 7.81. The van der Waals surface area contributed by atoms with Crippen molar-refractivity contribution in [1.82, 2.24) is 9.97 Å². The van der Waals surface area contributed by atoms with Crippen LogP contribution in [0.25, 0.3) is 11.3 Å². The van der Waals surface area contributed by atoms with Gasteiger partial charge in [0.2, 0.25) is 5.95 Å². The molecule has 4 aromatic rings. The molecule has 0 fully saturated rings. The Labute approximate surface area is 195 Å². The molecular formula is C24H18Cl2FN5. The molecule has 0 aliphatic rings. The third kappa shape index (κ3) is 5.41. The third-order valence-corrected chi connectivity index (χ3v) is 5.08. The standard InChI is InChI=1S/C24H18Cl2FN5/c1-15-5-7-16(8-6-15)14-28-32-24-30-21(23-19(26)3-2-4-20(23)27)13-22(31-24)29-18-11-9-17(25)10-12-18/h2-14H,1H3,(H2,29,30,31,32)/b28-14+. The minimum absolute atomic E-state index is 0.182. The van der Waals surface area contributed by atoms with Crippen LogP contribution in [0.2, 0.25) is 10.0 Å². The van der Waals surface area contributed by atoms with Crippen LogP contribution in [0.3, 0.4) is 0 Å². The van der Waals surface area contributed by atoms with Crippen molar-refractivity contribution in [2.45, 2.75) is 6.92 Å². The summed E-state index contributed by atoms with van der Waals surface area (Å²) in [5.74, 6) is 0.133. The molecule has 2 N–H and O–H groups in total. The summed E-state index contributed by atoms with van der Waals surface area (Å²) in [4.78, 5) is 8.84. The van der Waals surface area contributed by atoms with E-state index in [1.54, 1.807) is 36.5 Å². The lowest BCUT2D eigenvalue weighted by molar-refractivity contribution is 0.631. The van der Waals surface area contributed by atoms with Gasteiger partial charge in [0.05, 0.1) is 22.5 Å². The van der Waals surface area contributed by atoms with Crippen molar-refractivity contribution in [3.63, 3.8) is 0 Å².